The lowest BCUT2D eigenvalue weighted by molar-refractivity contribution is 0.187. The van der Waals surface area contributed by atoms with E-state index < -0.39 is 11.9 Å². The Hall–Kier alpha value is -2.06. The Labute approximate surface area is 98.4 Å². The van der Waals surface area contributed by atoms with Gasteiger partial charge in [0, 0.05) is 12.1 Å². The van der Waals surface area contributed by atoms with E-state index in [9.17, 15) is 9.18 Å². The molecule has 0 fully saturated rings. The fourth-order valence-corrected chi connectivity index (χ4v) is 1.08. The van der Waals surface area contributed by atoms with Gasteiger partial charge in [-0.15, -0.1) is 0 Å². The van der Waals surface area contributed by atoms with Crippen molar-refractivity contribution in [3.05, 3.63) is 29.6 Å². The third-order valence-electron chi connectivity index (χ3n) is 1.86. The van der Waals surface area contributed by atoms with E-state index >= 15 is 0 Å². The number of hydrogen-bond donors (Lipinski definition) is 2. The van der Waals surface area contributed by atoms with Crippen molar-refractivity contribution in [3.8, 4) is 11.8 Å². The lowest BCUT2D eigenvalue weighted by atomic mass is 10.2. The molecule has 0 aliphatic rings. The van der Waals surface area contributed by atoms with Crippen LogP contribution in [0.3, 0.4) is 0 Å². The van der Waals surface area contributed by atoms with Crippen molar-refractivity contribution >= 4 is 11.8 Å². The number of carbonyl (C=O) groups is 1. The molecule has 0 atom stereocenters. The van der Waals surface area contributed by atoms with Crippen molar-refractivity contribution in [2.75, 3.05) is 19.0 Å². The molecule has 0 unspecified atom stereocenters. The third-order valence-corrected chi connectivity index (χ3v) is 1.86. The molecule has 0 aliphatic heterocycles. The number of anilines is 1. The maximum Gasteiger partial charge on any atom is 0.411 e. The number of amides is 1. The molecular weight excluding hydrogens is 225 g/mol. The van der Waals surface area contributed by atoms with E-state index in [0.29, 0.717) is 5.69 Å². The molecule has 1 aromatic carbocycles. The normalized spacial score (nSPS) is 9.12. The lowest BCUT2D eigenvalue weighted by Crippen LogP contribution is -2.11. The van der Waals surface area contributed by atoms with Crippen LogP contribution in [-0.2, 0) is 4.74 Å². The van der Waals surface area contributed by atoms with Crippen LogP contribution in [0.4, 0.5) is 14.9 Å². The Morgan fingerprint density at radius 3 is 3.00 bits per heavy atom. The van der Waals surface area contributed by atoms with Crippen LogP contribution in [-0.4, -0.2) is 24.9 Å². The number of ether oxygens (including phenoxy) is 1. The average Bonchev–Trinajstić information content (AvgIpc) is 2.33. The molecule has 0 bridgehead atoms. The molecule has 1 aromatic rings. The topological polar surface area (TPSA) is 58.6 Å². The van der Waals surface area contributed by atoms with Gasteiger partial charge in [0.1, 0.15) is 5.82 Å². The average molecular weight is 237 g/mol. The van der Waals surface area contributed by atoms with Crippen LogP contribution in [0.2, 0.25) is 0 Å². The highest BCUT2D eigenvalue weighted by Gasteiger charge is 2.04. The van der Waals surface area contributed by atoms with Crippen LogP contribution >= 0.6 is 0 Å². The second-order valence-corrected chi connectivity index (χ2v) is 3.09. The van der Waals surface area contributed by atoms with Gasteiger partial charge in [-0.2, -0.15) is 0 Å². The van der Waals surface area contributed by atoms with E-state index in [-0.39, 0.29) is 18.6 Å². The Kier molecular flexibility index (Phi) is 4.98. The molecule has 90 valence electrons. The number of rotatable bonds is 2. The van der Waals surface area contributed by atoms with E-state index in [2.05, 4.69) is 21.9 Å². The molecule has 2 N–H and O–H groups in total. The fraction of sp³-hybridized carbons (Fsp3) is 0.250. The predicted octanol–water partition coefficient (Wildman–Crippen LogP) is 1.74. The van der Waals surface area contributed by atoms with Crippen LogP contribution in [0.1, 0.15) is 12.0 Å². The minimum Gasteiger partial charge on any atom is -0.453 e. The standard InChI is InChI=1S/C12H12FNO3/c1-17-12(16)14-10-5-6-11(13)9(8-10)4-2-3-7-15/h5-6,8,15H,3,7H2,1H3,(H,14,16). The summed E-state index contributed by atoms with van der Waals surface area (Å²) >= 11 is 0. The molecular formula is C12H12FNO3. The van der Waals surface area contributed by atoms with Gasteiger partial charge in [-0.1, -0.05) is 11.8 Å². The van der Waals surface area contributed by atoms with Crippen LogP contribution in [0.5, 0.6) is 0 Å². The highest BCUT2D eigenvalue weighted by molar-refractivity contribution is 5.84. The van der Waals surface area contributed by atoms with E-state index in [1.807, 2.05) is 0 Å². The molecule has 1 amide bonds. The molecule has 0 saturated carbocycles. The van der Waals surface area contributed by atoms with Crippen LogP contribution < -0.4 is 5.32 Å². The first-order valence-corrected chi connectivity index (χ1v) is 4.91. The summed E-state index contributed by atoms with van der Waals surface area (Å²) in [6.07, 6.45) is -0.362. The number of methoxy groups -OCH3 is 1. The number of nitrogens with one attached hydrogen (secondary N) is 1. The van der Waals surface area contributed by atoms with Crippen LogP contribution in [0.25, 0.3) is 0 Å². The first kappa shape index (κ1) is 13.0. The largest absolute Gasteiger partial charge is 0.453 e. The SMILES string of the molecule is COC(=O)Nc1ccc(F)c(C#CCCO)c1. The van der Waals surface area contributed by atoms with Gasteiger partial charge in [-0.25, -0.2) is 9.18 Å². The highest BCUT2D eigenvalue weighted by atomic mass is 19.1. The lowest BCUT2D eigenvalue weighted by Gasteiger charge is -2.04. The van der Waals surface area contributed by atoms with Gasteiger partial charge in [0.15, 0.2) is 0 Å². The molecule has 0 saturated heterocycles. The van der Waals surface area contributed by atoms with Crippen molar-refractivity contribution in [1.82, 2.24) is 0 Å². The van der Waals surface area contributed by atoms with Gasteiger partial charge in [-0.05, 0) is 18.2 Å². The summed E-state index contributed by atoms with van der Waals surface area (Å²) in [7, 11) is 1.24. The molecule has 0 heterocycles. The van der Waals surface area contributed by atoms with E-state index in [0.717, 1.165) is 0 Å². The zero-order valence-electron chi connectivity index (χ0n) is 9.29. The molecule has 0 aliphatic carbocycles. The van der Waals surface area contributed by atoms with E-state index in [1.165, 1.54) is 25.3 Å². The van der Waals surface area contributed by atoms with Gasteiger partial charge in [0.05, 0.1) is 19.3 Å². The predicted molar refractivity (Wildman–Crippen MR) is 61.0 cm³/mol. The quantitative estimate of drug-likeness (QED) is 0.770. The van der Waals surface area contributed by atoms with Gasteiger partial charge in [-0.3, -0.25) is 5.32 Å². The zero-order chi connectivity index (χ0) is 12.7. The molecule has 4 nitrogen and oxygen atoms in total. The Morgan fingerprint density at radius 2 is 2.35 bits per heavy atom. The second-order valence-electron chi connectivity index (χ2n) is 3.09. The number of aliphatic hydroxyl groups is 1. The van der Waals surface area contributed by atoms with Crippen LogP contribution in [0.15, 0.2) is 18.2 Å². The summed E-state index contributed by atoms with van der Waals surface area (Å²) in [6, 6.07) is 4.01. The minimum absolute atomic E-state index is 0.0747. The van der Waals surface area contributed by atoms with Crippen molar-refractivity contribution < 1.29 is 19.0 Å². The van der Waals surface area contributed by atoms with Crippen molar-refractivity contribution in [3.63, 3.8) is 0 Å². The Balaban J connectivity index is 2.87. The number of benzene rings is 1. The maximum atomic E-state index is 13.3. The number of carbonyl (C=O) groups excluding carboxylic acids is 1. The summed E-state index contributed by atoms with van der Waals surface area (Å²) in [6.45, 7) is -0.0747. The third kappa shape index (κ3) is 4.13. The second kappa shape index (κ2) is 6.51. The van der Waals surface area contributed by atoms with E-state index in [1.54, 1.807) is 0 Å². The molecule has 17 heavy (non-hydrogen) atoms. The van der Waals surface area contributed by atoms with Crippen molar-refractivity contribution in [2.24, 2.45) is 0 Å². The number of aliphatic hydroxyl groups excluding tert-OH is 1. The van der Waals surface area contributed by atoms with Gasteiger partial charge < -0.3 is 9.84 Å². The molecule has 5 heteroatoms. The maximum absolute atomic E-state index is 13.3. The first-order valence-electron chi connectivity index (χ1n) is 4.91. The van der Waals surface area contributed by atoms with Crippen molar-refractivity contribution in [1.29, 1.82) is 0 Å². The zero-order valence-corrected chi connectivity index (χ0v) is 9.29. The highest BCUT2D eigenvalue weighted by Crippen LogP contribution is 2.14. The first-order chi connectivity index (χ1) is 8.17. The van der Waals surface area contributed by atoms with Gasteiger partial charge in [0.25, 0.3) is 0 Å². The summed E-state index contributed by atoms with van der Waals surface area (Å²) in [5.74, 6) is 4.69. The number of halogens is 1. The Morgan fingerprint density at radius 1 is 1.59 bits per heavy atom. The minimum atomic E-state index is -0.633. The van der Waals surface area contributed by atoms with E-state index in [4.69, 9.17) is 5.11 Å². The molecule has 0 spiro atoms. The fourth-order valence-electron chi connectivity index (χ4n) is 1.08. The van der Waals surface area contributed by atoms with Crippen molar-refractivity contribution in [2.45, 2.75) is 6.42 Å². The summed E-state index contributed by atoms with van der Waals surface area (Å²) in [4.78, 5) is 10.9. The Bertz CT molecular complexity index is 463. The summed E-state index contributed by atoms with van der Waals surface area (Å²) in [5, 5.41) is 11.0. The summed E-state index contributed by atoms with van der Waals surface area (Å²) < 4.78 is 17.7. The molecule has 0 aromatic heterocycles. The van der Waals surface area contributed by atoms with Crippen LogP contribution in [0, 0.1) is 17.7 Å². The number of hydrogen-bond acceptors (Lipinski definition) is 3. The van der Waals surface area contributed by atoms with Gasteiger partial charge >= 0.3 is 6.09 Å². The monoisotopic (exact) mass is 237 g/mol. The molecule has 1 rings (SSSR count). The molecule has 0 radical (unpaired) electrons. The van der Waals surface area contributed by atoms with Gasteiger partial charge in [0.2, 0.25) is 0 Å². The smallest absolute Gasteiger partial charge is 0.411 e. The summed E-state index contributed by atoms with van der Waals surface area (Å²) in [5.41, 5.74) is 0.555.